The second kappa shape index (κ2) is 6.94. The Morgan fingerprint density at radius 2 is 1.14 bits per heavy atom. The number of benzene rings is 1. The van der Waals surface area contributed by atoms with Crippen LogP contribution in [-0.4, -0.2) is 62.1 Å². The minimum absolute atomic E-state index is 0.174. The summed E-state index contributed by atoms with van der Waals surface area (Å²) in [7, 11) is -23.8. The van der Waals surface area contributed by atoms with E-state index in [0.29, 0.717) is 0 Å². The lowest BCUT2D eigenvalue weighted by Gasteiger charge is -2.14. The smallest absolute Gasteiger partial charge is 0.282 e. The van der Waals surface area contributed by atoms with Crippen LogP contribution in [0, 0.1) is 11.3 Å². The molecule has 15 nitrogen and oxygen atoms in total. The molecule has 0 bridgehead atoms. The molecule has 0 aliphatic carbocycles. The summed E-state index contributed by atoms with van der Waals surface area (Å²) in [5, 5.41) is 3.47. The summed E-state index contributed by atoms with van der Waals surface area (Å²) in [6.07, 6.45) is 0. The molecule has 28 heavy (non-hydrogen) atoms. The second-order valence-corrected chi connectivity index (χ2v) is 9.95. The third-order valence-corrected chi connectivity index (χ3v) is 6.12. The first-order valence-corrected chi connectivity index (χ1v) is 11.6. The highest BCUT2D eigenvalue weighted by Crippen LogP contribution is 2.33. The Bertz CT molecular complexity index is 1370. The van der Waals surface area contributed by atoms with Gasteiger partial charge in [0.15, 0.2) is 0 Å². The van der Waals surface area contributed by atoms with E-state index in [1.54, 1.807) is 0 Å². The zero-order valence-corrected chi connectivity index (χ0v) is 15.8. The summed E-state index contributed by atoms with van der Waals surface area (Å²) in [5.74, 6) is 0. The number of carbonyl (C=O) groups is 2. The van der Waals surface area contributed by atoms with E-state index in [0.717, 1.165) is 6.07 Å². The van der Waals surface area contributed by atoms with Crippen LogP contribution in [0.25, 0.3) is 0 Å². The third-order valence-electron chi connectivity index (χ3n) is 2.76. The maximum absolute atomic E-state index is 11.9. The quantitative estimate of drug-likeness (QED) is 0.343. The van der Waals surface area contributed by atoms with Gasteiger partial charge in [-0.3, -0.25) is 27.8 Å². The molecule has 0 amide bonds. The highest BCUT2D eigenvalue weighted by atomic mass is 32.2. The average molecular weight is 479 g/mol. The predicted molar refractivity (Wildman–Crippen MR) is 82.5 cm³/mol. The van der Waals surface area contributed by atoms with Gasteiger partial charge in [0, 0.05) is 0 Å². The van der Waals surface area contributed by atoms with E-state index in [2.05, 4.69) is 0 Å². The van der Waals surface area contributed by atoms with Gasteiger partial charge in [-0.2, -0.15) is 38.9 Å². The number of rotatable bonds is 4. The van der Waals surface area contributed by atoms with E-state index in [1.165, 1.54) is 0 Å². The molecule has 0 heterocycles. The van der Waals surface area contributed by atoms with Crippen LogP contribution >= 0.6 is 0 Å². The van der Waals surface area contributed by atoms with Gasteiger partial charge in [-0.05, 0) is 6.07 Å². The van der Waals surface area contributed by atoms with Crippen LogP contribution in [0.1, 0.15) is 26.3 Å². The van der Waals surface area contributed by atoms with Crippen molar-refractivity contribution in [3.05, 3.63) is 22.8 Å². The molecule has 0 spiro atoms. The Labute approximate surface area is 156 Å². The number of carbonyl (C=O) groups excluding carboxylic acids is 2. The van der Waals surface area contributed by atoms with E-state index in [-0.39, 0.29) is 6.07 Å². The zero-order chi connectivity index (χ0) is 22.5. The molecule has 0 atom stereocenters. The third kappa shape index (κ3) is 4.56. The van der Waals surface area contributed by atoms with E-state index in [1.807, 2.05) is 0 Å². The summed E-state index contributed by atoms with van der Waals surface area (Å²) in [6, 6.07) is 0.725. The van der Waals surface area contributed by atoms with Crippen molar-refractivity contribution < 1.29 is 61.5 Å². The van der Waals surface area contributed by atoms with Crippen LogP contribution in [0.4, 0.5) is 0 Å². The van der Waals surface area contributed by atoms with Crippen molar-refractivity contribution in [2.45, 2.75) is 9.79 Å². The van der Waals surface area contributed by atoms with E-state index in [9.17, 15) is 47.8 Å². The van der Waals surface area contributed by atoms with Gasteiger partial charge in [-0.15, -0.1) is 0 Å². The molecule has 4 N–H and O–H groups in total. The van der Waals surface area contributed by atoms with Gasteiger partial charge in [0.2, 0.25) is 0 Å². The lowest BCUT2D eigenvalue weighted by Crippen LogP contribution is -2.26. The maximum Gasteiger partial charge on any atom is 0.333 e. The number of nitrogens with zero attached hydrogens (tertiary/aromatic N) is 1. The van der Waals surface area contributed by atoms with Crippen LogP contribution in [0.5, 0.6) is 0 Å². The minimum Gasteiger partial charge on any atom is -0.282 e. The van der Waals surface area contributed by atoms with Gasteiger partial charge in [0.05, 0.1) is 16.7 Å². The molecule has 0 aliphatic rings. The fraction of sp³-hybridized carbons (Fsp3) is 0. The van der Waals surface area contributed by atoms with Crippen LogP contribution in [0.15, 0.2) is 15.9 Å². The Morgan fingerprint density at radius 3 is 1.43 bits per heavy atom. The molecular weight excluding hydrogens is 474 g/mol. The van der Waals surface area contributed by atoms with E-state index < -0.39 is 77.2 Å². The minimum atomic E-state index is -6.10. The van der Waals surface area contributed by atoms with Gasteiger partial charge < -0.3 is 0 Å². The lowest BCUT2D eigenvalue weighted by atomic mass is 10.1. The van der Waals surface area contributed by atoms with Crippen molar-refractivity contribution in [2.24, 2.45) is 0 Å². The first-order valence-electron chi connectivity index (χ1n) is 5.84. The van der Waals surface area contributed by atoms with Crippen LogP contribution < -0.4 is 0 Å². The van der Waals surface area contributed by atoms with Crippen molar-refractivity contribution in [1.29, 1.82) is 5.26 Å². The fourth-order valence-corrected chi connectivity index (χ4v) is 4.99. The first-order chi connectivity index (χ1) is 12.2. The summed E-state index contributed by atoms with van der Waals surface area (Å²) >= 11 is 0. The van der Waals surface area contributed by atoms with Gasteiger partial charge in [-0.1, -0.05) is 0 Å². The van der Waals surface area contributed by atoms with E-state index >= 15 is 0 Å². The average Bonchev–Trinajstić information content (AvgIpc) is 2.47. The topological polar surface area (TPSA) is 275 Å². The van der Waals surface area contributed by atoms with Gasteiger partial charge >= 0.3 is 30.5 Å². The summed E-state index contributed by atoms with van der Waals surface area (Å²) in [5.41, 5.74) is -5.73. The highest BCUT2D eigenvalue weighted by Gasteiger charge is 2.42. The second-order valence-electron chi connectivity index (χ2n) is 4.59. The largest absolute Gasteiger partial charge is 0.333 e. The van der Waals surface area contributed by atoms with Gasteiger partial charge in [-0.25, -0.2) is 0 Å². The molecule has 19 heteroatoms. The van der Waals surface area contributed by atoms with Crippen molar-refractivity contribution in [1.82, 2.24) is 0 Å². The Hall–Kier alpha value is -2.31. The predicted octanol–water partition coefficient (Wildman–Crippen LogP) is -1.89. The normalized spacial score (nSPS) is 13.0. The van der Waals surface area contributed by atoms with Crippen molar-refractivity contribution in [3.8, 4) is 6.07 Å². The molecule has 0 saturated heterocycles. The SMILES string of the molecule is N#Cc1cc(C(=O)S(=O)(=O)O)c(C(=O)S(=O)(=O)O)c(S(=O)(=O)O)c1S(=O)(=O)O. The molecule has 0 aromatic heterocycles. The van der Waals surface area contributed by atoms with Crippen molar-refractivity contribution in [2.75, 3.05) is 0 Å². The highest BCUT2D eigenvalue weighted by molar-refractivity contribution is 8.02. The van der Waals surface area contributed by atoms with Crippen molar-refractivity contribution in [3.63, 3.8) is 0 Å². The number of hydrogen-bond donors (Lipinski definition) is 4. The monoisotopic (exact) mass is 479 g/mol. The standard InChI is InChI=1S/C9H5NO14S4/c10-2-3-1-4(8(11)27(19,20)21)5(9(12)28(22,23)24)7(26(16,17)18)6(3)25(13,14)15/h1H,(H,13,14,15)(H,16,17,18)(H,19,20,21)(H,22,23,24). The Kier molecular flexibility index (Phi) is 5.88. The fourth-order valence-electron chi connectivity index (χ4n) is 1.86. The molecule has 154 valence electrons. The van der Waals surface area contributed by atoms with Crippen LogP contribution in [0.2, 0.25) is 0 Å². The molecule has 1 aromatic rings. The van der Waals surface area contributed by atoms with Gasteiger partial charge in [0.1, 0.15) is 15.9 Å². The summed E-state index contributed by atoms with van der Waals surface area (Å²) in [6.45, 7) is 0. The van der Waals surface area contributed by atoms with E-state index in [4.69, 9.17) is 18.9 Å². The lowest BCUT2D eigenvalue weighted by molar-refractivity contribution is 0.103. The maximum atomic E-state index is 11.9. The number of nitriles is 1. The molecule has 0 saturated carbocycles. The molecule has 1 aromatic carbocycles. The first kappa shape index (κ1) is 23.7. The summed E-state index contributed by atoms with van der Waals surface area (Å²) in [4.78, 5) is 19.1. The molecule has 1 rings (SSSR count). The molecule has 0 fully saturated rings. The Morgan fingerprint density at radius 1 is 0.750 bits per heavy atom. The summed E-state index contributed by atoms with van der Waals surface area (Å²) < 4.78 is 126. The van der Waals surface area contributed by atoms with Crippen LogP contribution in [0.3, 0.4) is 0 Å². The molecule has 0 radical (unpaired) electrons. The van der Waals surface area contributed by atoms with Crippen LogP contribution in [-0.2, 0) is 40.5 Å². The Balaban J connectivity index is 4.64. The number of hydrogen-bond acceptors (Lipinski definition) is 11. The zero-order valence-electron chi connectivity index (χ0n) is 12.5. The molecule has 0 unspecified atom stereocenters. The molecule has 0 aliphatic heterocycles. The molecular formula is C9H5NO14S4. The van der Waals surface area contributed by atoms with Gasteiger partial charge in [0.25, 0.3) is 20.2 Å². The van der Waals surface area contributed by atoms with Crippen molar-refractivity contribution >= 4 is 50.7 Å².